The third-order valence-electron chi connectivity index (χ3n) is 4.64. The minimum absolute atomic E-state index is 0.0873. The molecular weight excluding hydrogens is 212 g/mol. The van der Waals surface area contributed by atoms with Gasteiger partial charge in [-0.1, -0.05) is 24.3 Å². The summed E-state index contributed by atoms with van der Waals surface area (Å²) in [6, 6.07) is 0. The van der Waals surface area contributed by atoms with Crippen molar-refractivity contribution in [2.75, 3.05) is 6.61 Å². The molecule has 2 fully saturated rings. The Morgan fingerprint density at radius 1 is 1.59 bits per heavy atom. The van der Waals surface area contributed by atoms with Crippen LogP contribution in [0, 0.1) is 17.3 Å². The van der Waals surface area contributed by atoms with Crippen molar-refractivity contribution in [3.8, 4) is 0 Å². The molecule has 3 atom stereocenters. The van der Waals surface area contributed by atoms with E-state index in [2.05, 4.69) is 13.2 Å². The van der Waals surface area contributed by atoms with Gasteiger partial charge in [0.1, 0.15) is 5.78 Å². The van der Waals surface area contributed by atoms with Gasteiger partial charge in [0.2, 0.25) is 0 Å². The third-order valence-corrected chi connectivity index (χ3v) is 4.64. The predicted molar refractivity (Wildman–Crippen MR) is 68.5 cm³/mol. The van der Waals surface area contributed by atoms with Crippen LogP contribution in [0.25, 0.3) is 0 Å². The third kappa shape index (κ3) is 1.99. The molecule has 2 nitrogen and oxygen atoms in total. The predicted octanol–water partition coefficient (Wildman–Crippen LogP) is 2.88. The first kappa shape index (κ1) is 12.6. The van der Waals surface area contributed by atoms with Crippen LogP contribution in [-0.4, -0.2) is 17.5 Å². The van der Waals surface area contributed by atoms with E-state index < -0.39 is 0 Å². The number of ketones is 1. The van der Waals surface area contributed by atoms with Gasteiger partial charge < -0.3 is 5.11 Å². The van der Waals surface area contributed by atoms with Crippen LogP contribution in [0.15, 0.2) is 24.3 Å². The topological polar surface area (TPSA) is 37.3 Å². The number of hydrogen-bond acceptors (Lipinski definition) is 2. The Morgan fingerprint density at radius 2 is 2.29 bits per heavy atom. The van der Waals surface area contributed by atoms with Crippen LogP contribution in [-0.2, 0) is 4.79 Å². The summed E-state index contributed by atoms with van der Waals surface area (Å²) in [5, 5.41) is 9.05. The summed E-state index contributed by atoms with van der Waals surface area (Å²) in [6.07, 6.45) is 4.31. The molecule has 1 N–H and O–H groups in total. The summed E-state index contributed by atoms with van der Waals surface area (Å²) >= 11 is 0. The second-order valence-electron chi connectivity index (χ2n) is 5.85. The van der Waals surface area contributed by atoms with Crippen LogP contribution in [0.2, 0.25) is 0 Å². The molecule has 0 heterocycles. The quantitative estimate of drug-likeness (QED) is 0.759. The SMILES string of the molecule is C=C1C[C@]2(CCCO)C[C@H]1C(=O)C[C@H]2C(=C)C. The standard InChI is InChI=1S/C15H22O2/c1-10(2)13-7-14(17)12-9-15(13,5-4-6-16)8-11(12)3/h12-13,16H,1,3-9H2,2H3/t12-,13+,15-/m1/s1. The van der Waals surface area contributed by atoms with Gasteiger partial charge in [-0.25, -0.2) is 0 Å². The van der Waals surface area contributed by atoms with Gasteiger partial charge in [-0.2, -0.15) is 0 Å². The maximum Gasteiger partial charge on any atom is 0.140 e. The molecular formula is C15H22O2. The molecule has 0 aromatic rings. The zero-order valence-electron chi connectivity index (χ0n) is 10.7. The van der Waals surface area contributed by atoms with Crippen LogP contribution in [0.5, 0.6) is 0 Å². The number of aliphatic hydroxyl groups excluding tert-OH is 1. The monoisotopic (exact) mass is 234 g/mol. The molecule has 2 bridgehead atoms. The van der Waals surface area contributed by atoms with E-state index in [0.29, 0.717) is 12.2 Å². The highest BCUT2D eigenvalue weighted by atomic mass is 16.2. The van der Waals surface area contributed by atoms with Crippen molar-refractivity contribution in [1.82, 2.24) is 0 Å². The first-order valence-corrected chi connectivity index (χ1v) is 6.47. The molecule has 0 unspecified atom stereocenters. The van der Waals surface area contributed by atoms with Crippen LogP contribution < -0.4 is 0 Å². The Hall–Kier alpha value is -0.890. The summed E-state index contributed by atoms with van der Waals surface area (Å²) in [5.74, 6) is 0.724. The average Bonchev–Trinajstić information content (AvgIpc) is 2.56. The van der Waals surface area contributed by atoms with Gasteiger partial charge in [0.25, 0.3) is 0 Å². The van der Waals surface area contributed by atoms with Gasteiger partial charge in [0, 0.05) is 18.9 Å². The normalized spacial score (nSPS) is 36.4. The Labute approximate surface area is 103 Å². The summed E-state index contributed by atoms with van der Waals surface area (Å²) in [5.41, 5.74) is 2.38. The van der Waals surface area contributed by atoms with Crippen molar-refractivity contribution in [1.29, 1.82) is 0 Å². The zero-order chi connectivity index (χ0) is 12.6. The fourth-order valence-electron chi connectivity index (χ4n) is 3.86. The zero-order valence-corrected chi connectivity index (χ0v) is 10.7. The van der Waals surface area contributed by atoms with E-state index in [-0.39, 0.29) is 23.9 Å². The number of allylic oxidation sites excluding steroid dienone is 2. The fraction of sp³-hybridized carbons (Fsp3) is 0.667. The fourth-order valence-corrected chi connectivity index (χ4v) is 3.86. The molecule has 2 aliphatic carbocycles. The van der Waals surface area contributed by atoms with Crippen molar-refractivity contribution >= 4 is 5.78 Å². The molecule has 0 saturated heterocycles. The molecule has 2 saturated carbocycles. The van der Waals surface area contributed by atoms with Crippen molar-refractivity contribution in [2.45, 2.75) is 39.0 Å². The number of hydrogen-bond donors (Lipinski definition) is 1. The van der Waals surface area contributed by atoms with E-state index in [1.807, 2.05) is 6.92 Å². The summed E-state index contributed by atoms with van der Waals surface area (Å²) < 4.78 is 0. The molecule has 94 valence electrons. The van der Waals surface area contributed by atoms with Crippen LogP contribution >= 0.6 is 0 Å². The Kier molecular flexibility index (Phi) is 3.26. The molecule has 17 heavy (non-hydrogen) atoms. The van der Waals surface area contributed by atoms with Gasteiger partial charge in [-0.15, -0.1) is 0 Å². The number of Topliss-reactive ketones (excluding diaryl/α,β-unsaturated/α-hetero) is 1. The molecule has 2 heteroatoms. The largest absolute Gasteiger partial charge is 0.396 e. The van der Waals surface area contributed by atoms with Gasteiger partial charge in [0.15, 0.2) is 0 Å². The highest BCUT2D eigenvalue weighted by Gasteiger charge is 2.52. The van der Waals surface area contributed by atoms with Crippen LogP contribution in [0.3, 0.4) is 0 Å². The van der Waals surface area contributed by atoms with E-state index in [4.69, 9.17) is 5.11 Å². The smallest absolute Gasteiger partial charge is 0.140 e. The Bertz CT molecular complexity index is 369. The maximum absolute atomic E-state index is 12.0. The summed E-state index contributed by atoms with van der Waals surface area (Å²) in [7, 11) is 0. The highest BCUT2D eigenvalue weighted by Crippen LogP contribution is 2.59. The van der Waals surface area contributed by atoms with Crippen molar-refractivity contribution < 1.29 is 9.90 Å². The van der Waals surface area contributed by atoms with E-state index in [1.54, 1.807) is 0 Å². The van der Waals surface area contributed by atoms with Crippen molar-refractivity contribution in [3.05, 3.63) is 24.3 Å². The van der Waals surface area contributed by atoms with Gasteiger partial charge >= 0.3 is 0 Å². The summed E-state index contributed by atoms with van der Waals surface area (Å²) in [4.78, 5) is 12.0. The molecule has 0 aliphatic heterocycles. The molecule has 0 aromatic heterocycles. The first-order valence-electron chi connectivity index (χ1n) is 6.47. The van der Waals surface area contributed by atoms with Crippen molar-refractivity contribution in [3.63, 3.8) is 0 Å². The lowest BCUT2D eigenvalue weighted by Crippen LogP contribution is -2.36. The first-order chi connectivity index (χ1) is 8.00. The number of carbonyl (C=O) groups excluding carboxylic acids is 1. The van der Waals surface area contributed by atoms with Gasteiger partial charge in [-0.05, 0) is 43.9 Å². The number of aliphatic hydroxyl groups is 1. The molecule has 0 aromatic carbocycles. The molecule has 2 rings (SSSR count). The highest BCUT2D eigenvalue weighted by molar-refractivity contribution is 5.86. The van der Waals surface area contributed by atoms with E-state index >= 15 is 0 Å². The number of fused-ring (bicyclic) bond motifs is 2. The van der Waals surface area contributed by atoms with E-state index in [1.165, 1.54) is 0 Å². The lowest BCUT2D eigenvalue weighted by molar-refractivity contribution is -0.126. The maximum atomic E-state index is 12.0. The number of carbonyl (C=O) groups is 1. The van der Waals surface area contributed by atoms with Gasteiger partial charge in [0.05, 0.1) is 0 Å². The van der Waals surface area contributed by atoms with E-state index in [9.17, 15) is 4.79 Å². The lowest BCUT2D eigenvalue weighted by atomic mass is 9.63. The van der Waals surface area contributed by atoms with Gasteiger partial charge in [-0.3, -0.25) is 4.79 Å². The minimum atomic E-state index is 0.0873. The number of rotatable bonds is 4. The Morgan fingerprint density at radius 3 is 2.88 bits per heavy atom. The molecule has 0 amide bonds. The summed E-state index contributed by atoms with van der Waals surface area (Å²) in [6.45, 7) is 10.4. The minimum Gasteiger partial charge on any atom is -0.396 e. The second kappa shape index (κ2) is 4.41. The van der Waals surface area contributed by atoms with Crippen LogP contribution in [0.4, 0.5) is 0 Å². The lowest BCUT2D eigenvalue weighted by Gasteiger charge is -2.41. The molecule has 0 spiro atoms. The molecule has 0 radical (unpaired) electrons. The van der Waals surface area contributed by atoms with Crippen molar-refractivity contribution in [2.24, 2.45) is 17.3 Å². The molecule has 2 aliphatic rings. The second-order valence-corrected chi connectivity index (χ2v) is 5.85. The average molecular weight is 234 g/mol. The van der Waals surface area contributed by atoms with E-state index in [0.717, 1.165) is 36.8 Å². The Balaban J connectivity index is 2.29. The van der Waals surface area contributed by atoms with Crippen LogP contribution in [0.1, 0.15) is 39.0 Å².